The predicted molar refractivity (Wildman–Crippen MR) is 119 cm³/mol. The third kappa shape index (κ3) is 4.39. The molecule has 0 radical (unpaired) electrons. The largest absolute Gasteiger partial charge is 0.326 e. The quantitative estimate of drug-likeness (QED) is 0.328. The molecule has 1 amide bonds. The second kappa shape index (κ2) is 8.05. The van der Waals surface area contributed by atoms with Crippen LogP contribution in [0, 0.1) is 12.8 Å². The van der Waals surface area contributed by atoms with Gasteiger partial charge in [0.2, 0.25) is 11.9 Å². The number of nitrogens with two attached hydrogens (primary N) is 1. The number of nitrogens with one attached hydrogen (secondary N) is 3. The maximum Gasteiger partial charge on any atom is 0.227 e. The van der Waals surface area contributed by atoms with Gasteiger partial charge in [0.1, 0.15) is 10.7 Å². The lowest BCUT2D eigenvalue weighted by atomic mass is 10.3. The van der Waals surface area contributed by atoms with Crippen molar-refractivity contribution in [3.63, 3.8) is 0 Å². The summed E-state index contributed by atoms with van der Waals surface area (Å²) in [6.45, 7) is 2.28. The Bertz CT molecular complexity index is 1240. The Morgan fingerprint density at radius 2 is 2.06 bits per heavy atom. The molecule has 158 valence electrons. The molecule has 1 aromatic carbocycles. The number of carbonyl (C=O) groups is 1. The number of H-pyrrole nitrogens is 1. The molecule has 10 heteroatoms. The molecule has 31 heavy (non-hydrogen) atoms. The van der Waals surface area contributed by atoms with E-state index in [2.05, 4.69) is 25.8 Å². The number of aryl methyl sites for hydroxylation is 1. The number of aromatic amines is 1. The molecule has 9 nitrogen and oxygen atoms in total. The van der Waals surface area contributed by atoms with Crippen molar-refractivity contribution in [2.75, 3.05) is 10.6 Å². The number of fused-ring (bicyclic) bond motifs is 1. The van der Waals surface area contributed by atoms with Gasteiger partial charge in [-0.2, -0.15) is 5.10 Å². The predicted octanol–water partition coefficient (Wildman–Crippen LogP) is 3.46. The molecule has 0 saturated heterocycles. The number of hydrogen-bond acceptors (Lipinski definition) is 7. The molecule has 1 fully saturated rings. The van der Waals surface area contributed by atoms with Crippen LogP contribution in [0.4, 0.5) is 17.5 Å². The molecule has 0 atom stereocenters. The van der Waals surface area contributed by atoms with Crippen molar-refractivity contribution in [2.24, 2.45) is 11.7 Å². The third-order valence-electron chi connectivity index (χ3n) is 4.93. The molecule has 1 aliphatic carbocycles. The van der Waals surface area contributed by atoms with E-state index in [1.54, 1.807) is 0 Å². The Balaban J connectivity index is 1.40. The van der Waals surface area contributed by atoms with Gasteiger partial charge in [-0.25, -0.2) is 9.97 Å². The summed E-state index contributed by atoms with van der Waals surface area (Å²) in [5.41, 5.74) is 9.07. The summed E-state index contributed by atoms with van der Waals surface area (Å²) in [5, 5.41) is 14.1. The fraction of sp³-hybridized carbons (Fsp3) is 0.238. The number of aromatic nitrogens is 5. The number of rotatable bonds is 7. The van der Waals surface area contributed by atoms with E-state index in [1.807, 2.05) is 53.9 Å². The van der Waals surface area contributed by atoms with Gasteiger partial charge in [-0.3, -0.25) is 14.3 Å². The van der Waals surface area contributed by atoms with Crippen LogP contribution in [-0.2, 0) is 11.3 Å². The van der Waals surface area contributed by atoms with Crippen molar-refractivity contribution in [1.82, 2.24) is 24.6 Å². The number of hydrogen-bond donors (Lipinski definition) is 4. The average molecular weight is 435 g/mol. The van der Waals surface area contributed by atoms with Crippen LogP contribution in [0.25, 0.3) is 5.65 Å². The standard InChI is InChI=1S/C21H22N8OS/c1-12-8-17(28-27-12)25-21-26-19(9-18-23-15(10-22)11-29(18)21)31-16-6-4-14(5-7-16)24-20(30)13-2-3-13/h4-9,11,13H,2-3,10,22H2,1H3,(H,24,30)(H2,25,26,27,28). The monoisotopic (exact) mass is 434 g/mol. The molecule has 5 rings (SSSR count). The molecule has 0 bridgehead atoms. The lowest BCUT2D eigenvalue weighted by molar-refractivity contribution is -0.117. The van der Waals surface area contributed by atoms with E-state index in [0.717, 1.165) is 45.5 Å². The van der Waals surface area contributed by atoms with Crippen LogP contribution in [0.15, 0.2) is 52.5 Å². The highest BCUT2D eigenvalue weighted by molar-refractivity contribution is 7.99. The van der Waals surface area contributed by atoms with Crippen molar-refractivity contribution in [3.05, 3.63) is 54.0 Å². The first-order valence-electron chi connectivity index (χ1n) is 10.0. The average Bonchev–Trinajstić information content (AvgIpc) is 3.41. The number of nitrogens with zero attached hydrogens (tertiary/aromatic N) is 4. The van der Waals surface area contributed by atoms with Gasteiger partial charge in [0.25, 0.3) is 0 Å². The number of amides is 1. The second-order valence-electron chi connectivity index (χ2n) is 7.53. The van der Waals surface area contributed by atoms with Crippen molar-refractivity contribution in [1.29, 1.82) is 0 Å². The molecule has 5 N–H and O–H groups in total. The minimum absolute atomic E-state index is 0.104. The van der Waals surface area contributed by atoms with Crippen molar-refractivity contribution < 1.29 is 4.79 Å². The lowest BCUT2D eigenvalue weighted by Crippen LogP contribution is -2.12. The summed E-state index contributed by atoms with van der Waals surface area (Å²) in [7, 11) is 0. The van der Waals surface area contributed by atoms with E-state index in [0.29, 0.717) is 18.3 Å². The number of anilines is 3. The van der Waals surface area contributed by atoms with Crippen molar-refractivity contribution in [3.8, 4) is 0 Å². The van der Waals surface area contributed by atoms with Crippen molar-refractivity contribution >= 4 is 40.8 Å². The molecule has 4 aromatic rings. The van der Waals surface area contributed by atoms with Gasteiger partial charge in [-0.15, -0.1) is 0 Å². The normalized spacial score (nSPS) is 13.5. The smallest absolute Gasteiger partial charge is 0.227 e. The molecular weight excluding hydrogens is 412 g/mol. The second-order valence-corrected chi connectivity index (χ2v) is 8.63. The van der Waals surface area contributed by atoms with E-state index in [9.17, 15) is 4.79 Å². The van der Waals surface area contributed by atoms with Crippen LogP contribution in [0.1, 0.15) is 24.2 Å². The SMILES string of the molecule is Cc1cc(Nc2nc(Sc3ccc(NC(=O)C4CC4)cc3)cc3nc(CN)cn23)n[nH]1. The Labute approximate surface area is 182 Å². The summed E-state index contributed by atoms with van der Waals surface area (Å²) in [6.07, 6.45) is 3.85. The van der Waals surface area contributed by atoms with Crippen LogP contribution >= 0.6 is 11.8 Å². The van der Waals surface area contributed by atoms with Crippen LogP contribution in [0.3, 0.4) is 0 Å². The Morgan fingerprint density at radius 3 is 2.74 bits per heavy atom. The van der Waals surface area contributed by atoms with E-state index < -0.39 is 0 Å². The van der Waals surface area contributed by atoms with E-state index in [4.69, 9.17) is 10.7 Å². The molecule has 1 aliphatic rings. The zero-order valence-electron chi connectivity index (χ0n) is 16.9. The van der Waals surface area contributed by atoms with E-state index >= 15 is 0 Å². The van der Waals surface area contributed by atoms with Gasteiger partial charge in [0.15, 0.2) is 5.82 Å². The lowest BCUT2D eigenvalue weighted by Gasteiger charge is -2.09. The van der Waals surface area contributed by atoms with Gasteiger partial charge in [0, 0.05) is 47.1 Å². The van der Waals surface area contributed by atoms with Crippen molar-refractivity contribution in [2.45, 2.75) is 36.2 Å². The number of imidazole rings is 1. The summed E-state index contributed by atoms with van der Waals surface area (Å²) < 4.78 is 1.87. The highest BCUT2D eigenvalue weighted by atomic mass is 32.2. The van der Waals surface area contributed by atoms with Crippen LogP contribution in [0.5, 0.6) is 0 Å². The van der Waals surface area contributed by atoms with Gasteiger partial charge in [-0.1, -0.05) is 11.8 Å². The fourth-order valence-electron chi connectivity index (χ4n) is 3.17. The summed E-state index contributed by atoms with van der Waals surface area (Å²) >= 11 is 1.52. The summed E-state index contributed by atoms with van der Waals surface area (Å²) in [5.74, 6) is 1.56. The van der Waals surface area contributed by atoms with Crippen LogP contribution in [0.2, 0.25) is 0 Å². The Morgan fingerprint density at radius 1 is 1.26 bits per heavy atom. The maximum atomic E-state index is 11.9. The first-order valence-corrected chi connectivity index (χ1v) is 10.9. The number of carbonyl (C=O) groups excluding carboxylic acids is 1. The highest BCUT2D eigenvalue weighted by Gasteiger charge is 2.29. The van der Waals surface area contributed by atoms with E-state index in [1.165, 1.54) is 11.8 Å². The molecular formula is C21H22N8OS. The molecule has 0 unspecified atom stereocenters. The van der Waals surface area contributed by atoms with Gasteiger partial charge in [0.05, 0.1) is 5.69 Å². The van der Waals surface area contributed by atoms with Gasteiger partial charge < -0.3 is 16.4 Å². The Hall–Kier alpha value is -3.37. The molecule has 3 aromatic heterocycles. The zero-order chi connectivity index (χ0) is 21.4. The first kappa shape index (κ1) is 19.6. The summed E-state index contributed by atoms with van der Waals surface area (Å²) in [4.78, 5) is 22.3. The van der Waals surface area contributed by atoms with Gasteiger partial charge in [-0.05, 0) is 44.0 Å². The van der Waals surface area contributed by atoms with Crippen LogP contribution < -0.4 is 16.4 Å². The highest BCUT2D eigenvalue weighted by Crippen LogP contribution is 2.32. The zero-order valence-corrected chi connectivity index (χ0v) is 17.7. The first-order chi connectivity index (χ1) is 15.1. The van der Waals surface area contributed by atoms with Crippen LogP contribution in [-0.4, -0.2) is 30.5 Å². The molecule has 0 spiro atoms. The van der Waals surface area contributed by atoms with Gasteiger partial charge >= 0.3 is 0 Å². The third-order valence-corrected chi connectivity index (χ3v) is 5.85. The minimum Gasteiger partial charge on any atom is -0.326 e. The maximum absolute atomic E-state index is 11.9. The summed E-state index contributed by atoms with van der Waals surface area (Å²) in [6, 6.07) is 11.6. The molecule has 1 saturated carbocycles. The molecule has 3 heterocycles. The topological polar surface area (TPSA) is 126 Å². The van der Waals surface area contributed by atoms with E-state index in [-0.39, 0.29) is 11.8 Å². The molecule has 0 aliphatic heterocycles. The number of benzene rings is 1. The Kier molecular flexibility index (Phi) is 5.08. The minimum atomic E-state index is 0.104. The fourth-order valence-corrected chi connectivity index (χ4v) is 3.98.